The Morgan fingerprint density at radius 3 is 2.42 bits per heavy atom. The molecule has 1 heterocycles. The molecule has 2 aromatic rings. The fourth-order valence-corrected chi connectivity index (χ4v) is 2.27. The molecule has 0 spiro atoms. The van der Waals surface area contributed by atoms with Crippen molar-refractivity contribution in [3.8, 4) is 5.75 Å². The maximum Gasteiger partial charge on any atom is 0.196 e. The molecule has 0 saturated heterocycles. The van der Waals surface area contributed by atoms with Crippen molar-refractivity contribution in [1.29, 1.82) is 0 Å². The van der Waals surface area contributed by atoms with Crippen LogP contribution >= 0.6 is 11.6 Å². The Hall–Kier alpha value is -1.74. The van der Waals surface area contributed by atoms with Crippen molar-refractivity contribution in [2.45, 2.75) is 20.8 Å². The van der Waals surface area contributed by atoms with Gasteiger partial charge in [-0.15, -0.1) is 0 Å². The van der Waals surface area contributed by atoms with E-state index in [2.05, 4.69) is 0 Å². The summed E-state index contributed by atoms with van der Waals surface area (Å²) in [5.41, 5.74) is 2.02. The van der Waals surface area contributed by atoms with E-state index in [1.54, 1.807) is 25.1 Å². The molecule has 0 aliphatic rings. The lowest BCUT2D eigenvalue weighted by Gasteiger charge is -2.06. The summed E-state index contributed by atoms with van der Waals surface area (Å²) < 4.78 is 10.6. The van der Waals surface area contributed by atoms with E-state index in [1.165, 1.54) is 7.11 Å². The molecule has 19 heavy (non-hydrogen) atoms. The average molecular weight is 279 g/mol. The minimum atomic E-state index is -0.0817. The standard InChI is InChI=1S/C15H15ClO3/c1-8-9(2)19-10(3)14(8)15(17)11-5-6-12(16)13(7-11)18-4/h5-7H,1-4H3. The van der Waals surface area contributed by atoms with Gasteiger partial charge in [0.15, 0.2) is 5.78 Å². The number of rotatable bonds is 3. The topological polar surface area (TPSA) is 39.4 Å². The summed E-state index contributed by atoms with van der Waals surface area (Å²) in [7, 11) is 1.52. The van der Waals surface area contributed by atoms with Crippen LogP contribution in [0.1, 0.15) is 33.0 Å². The van der Waals surface area contributed by atoms with E-state index in [1.807, 2.05) is 13.8 Å². The van der Waals surface area contributed by atoms with Crippen LogP contribution in [0.3, 0.4) is 0 Å². The highest BCUT2D eigenvalue weighted by Crippen LogP contribution is 2.28. The van der Waals surface area contributed by atoms with Crippen LogP contribution in [0.25, 0.3) is 0 Å². The minimum absolute atomic E-state index is 0.0817. The SMILES string of the molecule is COc1cc(C(=O)c2c(C)oc(C)c2C)ccc1Cl. The first-order valence-corrected chi connectivity index (χ1v) is 6.28. The van der Waals surface area contributed by atoms with Crippen molar-refractivity contribution in [2.24, 2.45) is 0 Å². The molecule has 0 radical (unpaired) electrons. The molecule has 0 aliphatic heterocycles. The van der Waals surface area contributed by atoms with Crippen LogP contribution in [0.4, 0.5) is 0 Å². The molecule has 0 aliphatic carbocycles. The normalized spacial score (nSPS) is 10.6. The van der Waals surface area contributed by atoms with Gasteiger partial charge in [0.05, 0.1) is 17.7 Å². The monoisotopic (exact) mass is 278 g/mol. The quantitative estimate of drug-likeness (QED) is 0.794. The van der Waals surface area contributed by atoms with Crippen molar-refractivity contribution in [1.82, 2.24) is 0 Å². The van der Waals surface area contributed by atoms with Crippen molar-refractivity contribution in [2.75, 3.05) is 7.11 Å². The molecule has 0 fully saturated rings. The number of ketones is 1. The summed E-state index contributed by atoms with van der Waals surface area (Å²) in [6.07, 6.45) is 0. The van der Waals surface area contributed by atoms with Crippen LogP contribution < -0.4 is 4.74 Å². The molecule has 0 amide bonds. The van der Waals surface area contributed by atoms with Crippen molar-refractivity contribution in [3.05, 3.63) is 51.4 Å². The zero-order valence-corrected chi connectivity index (χ0v) is 12.1. The third kappa shape index (κ3) is 2.38. The Kier molecular flexibility index (Phi) is 3.67. The van der Waals surface area contributed by atoms with Gasteiger partial charge in [-0.3, -0.25) is 4.79 Å². The van der Waals surface area contributed by atoms with Gasteiger partial charge < -0.3 is 9.15 Å². The molecular formula is C15H15ClO3. The number of ether oxygens (including phenoxy) is 1. The second-order valence-electron chi connectivity index (χ2n) is 4.39. The largest absolute Gasteiger partial charge is 0.495 e. The van der Waals surface area contributed by atoms with Crippen molar-refractivity contribution >= 4 is 17.4 Å². The third-order valence-electron chi connectivity index (χ3n) is 3.20. The molecule has 0 N–H and O–H groups in total. The van der Waals surface area contributed by atoms with Gasteiger partial charge in [-0.1, -0.05) is 11.6 Å². The smallest absolute Gasteiger partial charge is 0.196 e. The lowest BCUT2D eigenvalue weighted by Crippen LogP contribution is -2.04. The fourth-order valence-electron chi connectivity index (χ4n) is 2.07. The van der Waals surface area contributed by atoms with Crippen LogP contribution in [0.15, 0.2) is 22.6 Å². The highest BCUT2D eigenvalue weighted by Gasteiger charge is 2.20. The zero-order valence-electron chi connectivity index (χ0n) is 11.3. The molecule has 100 valence electrons. The molecule has 1 aromatic carbocycles. The number of hydrogen-bond acceptors (Lipinski definition) is 3. The molecule has 4 heteroatoms. The van der Waals surface area contributed by atoms with Gasteiger partial charge in [0.1, 0.15) is 17.3 Å². The highest BCUT2D eigenvalue weighted by atomic mass is 35.5. The molecule has 1 aromatic heterocycles. The average Bonchev–Trinajstić information content (AvgIpc) is 2.63. The second kappa shape index (κ2) is 5.10. The Balaban J connectivity index is 2.50. The number of hydrogen-bond donors (Lipinski definition) is 0. The Morgan fingerprint density at radius 2 is 1.89 bits per heavy atom. The molecule has 0 unspecified atom stereocenters. The van der Waals surface area contributed by atoms with E-state index in [0.29, 0.717) is 27.7 Å². The van der Waals surface area contributed by atoms with E-state index >= 15 is 0 Å². The lowest BCUT2D eigenvalue weighted by molar-refractivity contribution is 0.103. The molecule has 0 atom stereocenters. The van der Waals surface area contributed by atoms with Crippen LogP contribution in [-0.4, -0.2) is 12.9 Å². The number of aryl methyl sites for hydroxylation is 2. The molecule has 3 nitrogen and oxygen atoms in total. The predicted octanol–water partition coefficient (Wildman–Crippen LogP) is 4.10. The molecular weight excluding hydrogens is 264 g/mol. The van der Waals surface area contributed by atoms with E-state index in [9.17, 15) is 4.79 Å². The summed E-state index contributed by atoms with van der Waals surface area (Å²) in [4.78, 5) is 12.5. The number of halogens is 1. The summed E-state index contributed by atoms with van der Waals surface area (Å²) >= 11 is 5.96. The van der Waals surface area contributed by atoms with E-state index in [4.69, 9.17) is 20.8 Å². The number of methoxy groups -OCH3 is 1. The molecule has 0 saturated carbocycles. The summed E-state index contributed by atoms with van der Waals surface area (Å²) in [5.74, 6) is 1.81. The van der Waals surface area contributed by atoms with Crippen LogP contribution in [0.5, 0.6) is 5.75 Å². The van der Waals surface area contributed by atoms with Gasteiger partial charge in [0.25, 0.3) is 0 Å². The van der Waals surface area contributed by atoms with Gasteiger partial charge in [-0.2, -0.15) is 0 Å². The third-order valence-corrected chi connectivity index (χ3v) is 3.51. The second-order valence-corrected chi connectivity index (χ2v) is 4.80. The maximum atomic E-state index is 12.5. The number of furan rings is 1. The first kappa shape index (κ1) is 13.7. The lowest BCUT2D eigenvalue weighted by atomic mass is 9.99. The number of carbonyl (C=O) groups excluding carboxylic acids is 1. The maximum absolute atomic E-state index is 12.5. The van der Waals surface area contributed by atoms with Crippen LogP contribution in [-0.2, 0) is 0 Å². The zero-order chi connectivity index (χ0) is 14.2. The Labute approximate surface area is 117 Å². The van der Waals surface area contributed by atoms with Crippen LogP contribution in [0, 0.1) is 20.8 Å². The van der Waals surface area contributed by atoms with Gasteiger partial charge >= 0.3 is 0 Å². The predicted molar refractivity (Wildman–Crippen MR) is 74.4 cm³/mol. The van der Waals surface area contributed by atoms with Gasteiger partial charge in [-0.05, 0) is 39.0 Å². The van der Waals surface area contributed by atoms with Crippen molar-refractivity contribution in [3.63, 3.8) is 0 Å². The first-order chi connectivity index (χ1) is 8.95. The highest BCUT2D eigenvalue weighted by molar-refractivity contribution is 6.32. The van der Waals surface area contributed by atoms with E-state index in [0.717, 1.165) is 11.3 Å². The minimum Gasteiger partial charge on any atom is -0.495 e. The number of benzene rings is 1. The van der Waals surface area contributed by atoms with Gasteiger partial charge in [0, 0.05) is 11.1 Å². The van der Waals surface area contributed by atoms with E-state index in [-0.39, 0.29) is 5.78 Å². The fraction of sp³-hybridized carbons (Fsp3) is 0.267. The number of carbonyl (C=O) groups is 1. The van der Waals surface area contributed by atoms with Crippen molar-refractivity contribution < 1.29 is 13.9 Å². The Bertz CT molecular complexity index is 641. The molecule has 0 bridgehead atoms. The van der Waals surface area contributed by atoms with Gasteiger partial charge in [0.2, 0.25) is 0 Å². The summed E-state index contributed by atoms with van der Waals surface area (Å²) in [6, 6.07) is 4.99. The van der Waals surface area contributed by atoms with Crippen LogP contribution in [0.2, 0.25) is 5.02 Å². The van der Waals surface area contributed by atoms with Gasteiger partial charge in [-0.25, -0.2) is 0 Å². The Morgan fingerprint density at radius 1 is 1.21 bits per heavy atom. The summed E-state index contributed by atoms with van der Waals surface area (Å²) in [5, 5.41) is 0.482. The van der Waals surface area contributed by atoms with E-state index < -0.39 is 0 Å². The molecule has 2 rings (SSSR count). The first-order valence-electron chi connectivity index (χ1n) is 5.90. The summed E-state index contributed by atoms with van der Waals surface area (Å²) in [6.45, 7) is 5.52.